The van der Waals surface area contributed by atoms with Crippen molar-refractivity contribution in [3.63, 3.8) is 0 Å². The minimum Gasteiger partial charge on any atom is -0.462 e. The molecule has 0 aliphatic rings. The number of thiophene rings is 3. The number of aliphatic hydroxyl groups is 1. The quantitative estimate of drug-likeness (QED) is 0.0525. The van der Waals surface area contributed by atoms with Crippen molar-refractivity contribution in [2.24, 2.45) is 0 Å². The Labute approximate surface area is 317 Å². The maximum atomic E-state index is 11.5. The van der Waals surface area contributed by atoms with Crippen LogP contribution in [0.15, 0.2) is 103 Å². The summed E-state index contributed by atoms with van der Waals surface area (Å²) in [4.78, 5) is 35.7. The normalized spacial score (nSPS) is 10.7. The van der Waals surface area contributed by atoms with Crippen LogP contribution in [0, 0.1) is 0 Å². The molecule has 3 heterocycles. The van der Waals surface area contributed by atoms with Crippen molar-refractivity contribution in [1.82, 2.24) is 11.0 Å². The Morgan fingerprint density at radius 1 is 0.585 bits per heavy atom. The van der Waals surface area contributed by atoms with Crippen LogP contribution in [0.1, 0.15) is 65.1 Å². The van der Waals surface area contributed by atoms with Crippen LogP contribution in [0.5, 0.6) is 0 Å². The molecule has 0 radical (unpaired) electrons. The molecule has 53 heavy (non-hydrogen) atoms. The summed E-state index contributed by atoms with van der Waals surface area (Å²) in [7, 11) is 0. The number of aliphatic hydroxyl groups excluding tert-OH is 1. The highest BCUT2D eigenvalue weighted by atomic mass is 32.1. The fourth-order valence-electron chi connectivity index (χ4n) is 5.13. The molecular formula is C40H38N2O8S3. The number of ether oxygens (including phenoxy) is 2. The van der Waals surface area contributed by atoms with Crippen molar-refractivity contribution < 1.29 is 39.4 Å². The van der Waals surface area contributed by atoms with Gasteiger partial charge in [0.25, 0.3) is 11.8 Å². The first-order valence-electron chi connectivity index (χ1n) is 16.6. The third-order valence-electron chi connectivity index (χ3n) is 7.85. The molecule has 2 amide bonds. The fourth-order valence-corrected chi connectivity index (χ4v) is 8.19. The molecule has 5 N–H and O–H groups in total. The van der Waals surface area contributed by atoms with E-state index in [9.17, 15) is 14.4 Å². The van der Waals surface area contributed by atoms with E-state index < -0.39 is 11.8 Å². The number of rotatable bonds is 10. The number of fused-ring (bicyclic) bond motifs is 3. The molecule has 10 nitrogen and oxygen atoms in total. The van der Waals surface area contributed by atoms with E-state index in [0.717, 1.165) is 53.4 Å². The lowest BCUT2D eigenvalue weighted by molar-refractivity contribution is 0.0531. The molecule has 0 atom stereocenters. The maximum absolute atomic E-state index is 11.5. The van der Waals surface area contributed by atoms with Crippen molar-refractivity contribution in [2.45, 2.75) is 40.1 Å². The van der Waals surface area contributed by atoms with Gasteiger partial charge in [0.15, 0.2) is 0 Å². The SMILES string of the molecule is CCOC(=O)c1cc2ccc(CO)cc2s1.CCc1ccc2cc(C(=O)NO)sc2c1.O=C(NO)c1cc2ccc(COCc3ccccc3)cc2s1. The summed E-state index contributed by atoms with van der Waals surface area (Å²) < 4.78 is 13.7. The molecule has 7 aromatic rings. The summed E-state index contributed by atoms with van der Waals surface area (Å²) in [5, 5.41) is 29.2. The summed E-state index contributed by atoms with van der Waals surface area (Å²) in [5.41, 5.74) is 7.60. The molecule has 0 bridgehead atoms. The smallest absolute Gasteiger partial charge is 0.348 e. The lowest BCUT2D eigenvalue weighted by Gasteiger charge is -2.04. The first kappa shape index (κ1) is 39.2. The van der Waals surface area contributed by atoms with Gasteiger partial charge in [-0.1, -0.05) is 73.7 Å². The van der Waals surface area contributed by atoms with E-state index >= 15 is 0 Å². The van der Waals surface area contributed by atoms with Gasteiger partial charge in [0.1, 0.15) is 4.88 Å². The number of carbonyl (C=O) groups is 3. The molecule has 7 rings (SSSR count). The average molecular weight is 771 g/mol. The molecule has 0 saturated heterocycles. The van der Waals surface area contributed by atoms with Crippen LogP contribution < -0.4 is 11.0 Å². The second-order valence-corrected chi connectivity index (χ2v) is 14.8. The highest BCUT2D eigenvalue weighted by Crippen LogP contribution is 2.29. The highest BCUT2D eigenvalue weighted by Gasteiger charge is 2.12. The number of hydrogen-bond acceptors (Lipinski definition) is 11. The lowest BCUT2D eigenvalue weighted by atomic mass is 10.1. The number of carbonyl (C=O) groups excluding carboxylic acids is 3. The largest absolute Gasteiger partial charge is 0.462 e. The maximum Gasteiger partial charge on any atom is 0.348 e. The summed E-state index contributed by atoms with van der Waals surface area (Å²) in [5.74, 6) is -1.22. The molecule has 274 valence electrons. The van der Waals surface area contributed by atoms with Crippen LogP contribution in [-0.2, 0) is 35.7 Å². The van der Waals surface area contributed by atoms with Gasteiger partial charge in [0.05, 0.1) is 36.2 Å². The number of aryl methyl sites for hydroxylation is 1. The van der Waals surface area contributed by atoms with E-state index in [1.807, 2.05) is 78.9 Å². The number of amides is 2. The highest BCUT2D eigenvalue weighted by molar-refractivity contribution is 7.21. The molecule has 0 spiro atoms. The van der Waals surface area contributed by atoms with Gasteiger partial charge in [-0.15, -0.1) is 34.0 Å². The molecular weight excluding hydrogens is 733 g/mol. The van der Waals surface area contributed by atoms with Gasteiger partial charge >= 0.3 is 5.97 Å². The molecule has 4 aromatic carbocycles. The second kappa shape index (κ2) is 19.2. The van der Waals surface area contributed by atoms with Crippen molar-refractivity contribution in [3.05, 3.63) is 140 Å². The van der Waals surface area contributed by atoms with Gasteiger partial charge in [0, 0.05) is 14.1 Å². The Morgan fingerprint density at radius 3 is 1.58 bits per heavy atom. The topological polar surface area (TPSA) is 154 Å². The summed E-state index contributed by atoms with van der Waals surface area (Å²) in [6, 6.07) is 33.1. The third kappa shape index (κ3) is 10.6. The zero-order chi connectivity index (χ0) is 37.7. The number of esters is 1. The predicted octanol–water partition coefficient (Wildman–Crippen LogP) is 8.89. The molecule has 3 aromatic heterocycles. The second-order valence-electron chi connectivity index (χ2n) is 11.5. The average Bonchev–Trinajstić information content (AvgIpc) is 3.94. The Bertz CT molecular complexity index is 2310. The molecule has 13 heteroatoms. The number of hydrogen-bond donors (Lipinski definition) is 5. The van der Waals surface area contributed by atoms with Crippen molar-refractivity contribution >= 4 is 82.1 Å². The van der Waals surface area contributed by atoms with E-state index in [4.69, 9.17) is 25.0 Å². The Balaban J connectivity index is 0.000000157. The summed E-state index contributed by atoms with van der Waals surface area (Å²) in [6.07, 6.45) is 0.982. The minimum absolute atomic E-state index is 0.0164. The van der Waals surface area contributed by atoms with Gasteiger partial charge in [-0.25, -0.2) is 15.8 Å². The lowest BCUT2D eigenvalue weighted by Crippen LogP contribution is -2.16. The van der Waals surface area contributed by atoms with E-state index in [-0.39, 0.29) is 12.6 Å². The summed E-state index contributed by atoms with van der Waals surface area (Å²) in [6.45, 7) is 5.37. The van der Waals surface area contributed by atoms with Crippen LogP contribution in [0.4, 0.5) is 0 Å². The van der Waals surface area contributed by atoms with E-state index in [1.165, 1.54) is 39.6 Å². The molecule has 0 aliphatic heterocycles. The van der Waals surface area contributed by atoms with Gasteiger partial charge < -0.3 is 14.6 Å². The van der Waals surface area contributed by atoms with Gasteiger partial charge in [0.2, 0.25) is 0 Å². The van der Waals surface area contributed by atoms with Crippen LogP contribution in [0.2, 0.25) is 0 Å². The van der Waals surface area contributed by atoms with E-state index in [1.54, 1.807) is 30.0 Å². The van der Waals surface area contributed by atoms with E-state index in [2.05, 4.69) is 19.1 Å². The Kier molecular flexibility index (Phi) is 14.2. The van der Waals surface area contributed by atoms with Crippen molar-refractivity contribution in [1.29, 1.82) is 0 Å². The monoisotopic (exact) mass is 770 g/mol. The van der Waals surface area contributed by atoms with E-state index in [0.29, 0.717) is 34.5 Å². The molecule has 0 saturated carbocycles. The molecule has 0 unspecified atom stereocenters. The zero-order valence-corrected chi connectivity index (χ0v) is 31.4. The number of nitrogens with one attached hydrogen (secondary N) is 2. The Hall–Kier alpha value is -4.99. The van der Waals surface area contributed by atoms with Crippen LogP contribution >= 0.6 is 34.0 Å². The number of benzene rings is 4. The number of hydroxylamine groups is 2. The molecule has 0 fully saturated rings. The van der Waals surface area contributed by atoms with Crippen LogP contribution in [0.3, 0.4) is 0 Å². The third-order valence-corrected chi connectivity index (χ3v) is 11.1. The van der Waals surface area contributed by atoms with Gasteiger partial charge in [-0.3, -0.25) is 20.0 Å². The molecule has 0 aliphatic carbocycles. The Morgan fingerprint density at radius 2 is 1.06 bits per heavy atom. The first-order valence-corrected chi connectivity index (χ1v) is 19.1. The van der Waals surface area contributed by atoms with Crippen LogP contribution in [0.25, 0.3) is 30.3 Å². The van der Waals surface area contributed by atoms with Crippen molar-refractivity contribution in [2.75, 3.05) is 6.61 Å². The standard InChI is InChI=1S/C17H15NO3S.C12H12O3S.C11H11NO2S/c19-17(18-20)16-9-14-7-6-13(8-15(14)22-16)11-21-10-12-4-2-1-3-5-12;1-2-15-12(14)11-6-9-4-3-8(7-13)5-10(9)16-11;1-2-7-3-4-8-6-10(11(13)12-14)15-9(8)5-7/h1-9,20H,10-11H2,(H,18,19);3-6,13H,2,7H2,1H3;3-6,14H,2H2,1H3,(H,12,13). The first-order chi connectivity index (χ1) is 25.7. The van der Waals surface area contributed by atoms with Gasteiger partial charge in [-0.05, 0) is 88.2 Å². The van der Waals surface area contributed by atoms with Gasteiger partial charge in [-0.2, -0.15) is 0 Å². The summed E-state index contributed by atoms with van der Waals surface area (Å²) >= 11 is 4.12. The predicted molar refractivity (Wildman–Crippen MR) is 210 cm³/mol. The van der Waals surface area contributed by atoms with Crippen LogP contribution in [-0.4, -0.2) is 39.9 Å². The minimum atomic E-state index is -0.483. The zero-order valence-electron chi connectivity index (χ0n) is 29.0. The fraction of sp³-hybridized carbons (Fsp3) is 0.175. The van der Waals surface area contributed by atoms with Crippen molar-refractivity contribution in [3.8, 4) is 0 Å².